The van der Waals surface area contributed by atoms with Crippen molar-refractivity contribution in [2.45, 2.75) is 20.0 Å². The van der Waals surface area contributed by atoms with Gasteiger partial charge < -0.3 is 15.2 Å². The minimum absolute atomic E-state index is 0.0977. The maximum atomic E-state index is 12.5. The Morgan fingerprint density at radius 3 is 2.33 bits per heavy atom. The van der Waals surface area contributed by atoms with Crippen molar-refractivity contribution >= 4 is 11.5 Å². The molecule has 0 saturated heterocycles. The van der Waals surface area contributed by atoms with Crippen molar-refractivity contribution in [2.75, 3.05) is 12.8 Å². The monoisotopic (exact) mass is 285 g/mol. The minimum atomic E-state index is -0.129. The van der Waals surface area contributed by atoms with Gasteiger partial charge in [-0.1, -0.05) is 0 Å². The van der Waals surface area contributed by atoms with E-state index in [9.17, 15) is 4.79 Å². The van der Waals surface area contributed by atoms with Gasteiger partial charge in [0.15, 0.2) is 5.78 Å². The van der Waals surface area contributed by atoms with Gasteiger partial charge in [0.05, 0.1) is 18.8 Å². The first kappa shape index (κ1) is 14.9. The fourth-order valence-corrected chi connectivity index (χ4v) is 2.02. The van der Waals surface area contributed by atoms with E-state index in [0.29, 0.717) is 22.6 Å². The average Bonchev–Trinajstić information content (AvgIpc) is 2.46. The lowest BCUT2D eigenvalue weighted by Crippen LogP contribution is -2.07. The van der Waals surface area contributed by atoms with E-state index in [2.05, 4.69) is 0 Å². The third kappa shape index (κ3) is 3.54. The summed E-state index contributed by atoms with van der Waals surface area (Å²) in [4.78, 5) is 12.5. The number of nitrogen functional groups attached to an aromatic ring is 1. The molecule has 0 bridgehead atoms. The van der Waals surface area contributed by atoms with Crippen molar-refractivity contribution < 1.29 is 14.3 Å². The molecule has 0 saturated carbocycles. The Morgan fingerprint density at radius 1 is 1.10 bits per heavy atom. The zero-order chi connectivity index (χ0) is 15.4. The summed E-state index contributed by atoms with van der Waals surface area (Å²) in [6.45, 7) is 3.91. The summed E-state index contributed by atoms with van der Waals surface area (Å²) in [5.74, 6) is 1.12. The maximum absolute atomic E-state index is 12.5. The fourth-order valence-electron chi connectivity index (χ4n) is 2.02. The highest BCUT2D eigenvalue weighted by Gasteiger charge is 2.15. The number of carbonyl (C=O) groups is 1. The number of rotatable bonds is 5. The quantitative estimate of drug-likeness (QED) is 0.676. The van der Waals surface area contributed by atoms with Gasteiger partial charge in [0, 0.05) is 11.3 Å². The van der Waals surface area contributed by atoms with Gasteiger partial charge in [-0.05, 0) is 56.3 Å². The van der Waals surface area contributed by atoms with Crippen LogP contribution in [0.2, 0.25) is 0 Å². The zero-order valence-electron chi connectivity index (χ0n) is 12.4. The van der Waals surface area contributed by atoms with E-state index in [0.717, 1.165) is 5.75 Å². The van der Waals surface area contributed by atoms with Gasteiger partial charge in [0.1, 0.15) is 11.5 Å². The largest absolute Gasteiger partial charge is 0.496 e. The van der Waals surface area contributed by atoms with Crippen LogP contribution in [0, 0.1) is 0 Å². The summed E-state index contributed by atoms with van der Waals surface area (Å²) in [5.41, 5.74) is 7.29. The highest BCUT2D eigenvalue weighted by Crippen LogP contribution is 2.25. The van der Waals surface area contributed by atoms with Crippen LogP contribution in [0.3, 0.4) is 0 Å². The Hall–Kier alpha value is -2.49. The maximum Gasteiger partial charge on any atom is 0.196 e. The molecule has 2 aromatic rings. The van der Waals surface area contributed by atoms with Crippen LogP contribution in [-0.2, 0) is 0 Å². The Bertz CT molecular complexity index is 633. The first-order valence-electron chi connectivity index (χ1n) is 6.76. The molecule has 110 valence electrons. The predicted molar refractivity (Wildman–Crippen MR) is 83.0 cm³/mol. The van der Waals surface area contributed by atoms with Crippen LogP contribution < -0.4 is 15.2 Å². The molecule has 2 aromatic carbocycles. The van der Waals surface area contributed by atoms with Gasteiger partial charge >= 0.3 is 0 Å². The van der Waals surface area contributed by atoms with E-state index in [-0.39, 0.29) is 11.9 Å². The highest BCUT2D eigenvalue weighted by atomic mass is 16.5. The summed E-state index contributed by atoms with van der Waals surface area (Å²) < 4.78 is 10.8. The topological polar surface area (TPSA) is 61.5 Å². The minimum Gasteiger partial charge on any atom is -0.496 e. The van der Waals surface area contributed by atoms with Crippen LogP contribution in [0.5, 0.6) is 11.5 Å². The first-order chi connectivity index (χ1) is 10.0. The van der Waals surface area contributed by atoms with Gasteiger partial charge in [-0.15, -0.1) is 0 Å². The second-order valence-electron chi connectivity index (χ2n) is 4.98. The Balaban J connectivity index is 2.30. The van der Waals surface area contributed by atoms with Crippen LogP contribution in [0.1, 0.15) is 29.8 Å². The van der Waals surface area contributed by atoms with Crippen LogP contribution in [0.15, 0.2) is 42.5 Å². The predicted octanol–water partition coefficient (Wildman–Crippen LogP) is 3.30. The smallest absolute Gasteiger partial charge is 0.196 e. The molecule has 0 fully saturated rings. The molecule has 0 amide bonds. The molecular weight excluding hydrogens is 266 g/mol. The van der Waals surface area contributed by atoms with Crippen molar-refractivity contribution in [2.24, 2.45) is 0 Å². The third-order valence-corrected chi connectivity index (χ3v) is 2.96. The number of anilines is 1. The fraction of sp³-hybridized carbons (Fsp3) is 0.235. The molecular formula is C17H19NO3. The first-order valence-corrected chi connectivity index (χ1v) is 6.76. The van der Waals surface area contributed by atoms with Crippen LogP contribution >= 0.6 is 0 Å². The number of hydrogen-bond donors (Lipinski definition) is 1. The Morgan fingerprint density at radius 2 is 1.76 bits per heavy atom. The molecule has 0 atom stereocenters. The number of benzene rings is 2. The Kier molecular flexibility index (Phi) is 4.48. The van der Waals surface area contributed by atoms with Crippen LogP contribution in [0.25, 0.3) is 0 Å². The lowest BCUT2D eigenvalue weighted by Gasteiger charge is -2.11. The lowest BCUT2D eigenvalue weighted by atomic mass is 10.0. The number of methoxy groups -OCH3 is 1. The van der Waals surface area contributed by atoms with Gasteiger partial charge in [-0.3, -0.25) is 4.79 Å². The van der Waals surface area contributed by atoms with E-state index < -0.39 is 0 Å². The van der Waals surface area contributed by atoms with E-state index in [1.807, 2.05) is 13.8 Å². The summed E-state index contributed by atoms with van der Waals surface area (Å²) >= 11 is 0. The molecule has 0 aliphatic heterocycles. The molecule has 2 rings (SSSR count). The summed E-state index contributed by atoms with van der Waals surface area (Å²) in [7, 11) is 1.53. The molecule has 0 unspecified atom stereocenters. The lowest BCUT2D eigenvalue weighted by molar-refractivity contribution is 0.103. The van der Waals surface area contributed by atoms with E-state index in [1.54, 1.807) is 42.5 Å². The summed E-state index contributed by atoms with van der Waals surface area (Å²) in [6.07, 6.45) is 0.0977. The van der Waals surface area contributed by atoms with Crippen LogP contribution in [0.4, 0.5) is 5.69 Å². The second kappa shape index (κ2) is 6.31. The number of hydrogen-bond acceptors (Lipinski definition) is 4. The molecule has 4 nitrogen and oxygen atoms in total. The normalized spacial score (nSPS) is 10.5. The molecule has 0 radical (unpaired) electrons. The third-order valence-electron chi connectivity index (χ3n) is 2.96. The number of ether oxygens (including phenoxy) is 2. The van der Waals surface area contributed by atoms with E-state index >= 15 is 0 Å². The number of nitrogens with two attached hydrogens (primary N) is 1. The second-order valence-corrected chi connectivity index (χ2v) is 4.98. The van der Waals surface area contributed by atoms with E-state index in [1.165, 1.54) is 7.11 Å². The zero-order valence-corrected chi connectivity index (χ0v) is 12.4. The van der Waals surface area contributed by atoms with Crippen LogP contribution in [-0.4, -0.2) is 19.0 Å². The molecule has 21 heavy (non-hydrogen) atoms. The van der Waals surface area contributed by atoms with Crippen molar-refractivity contribution in [3.05, 3.63) is 53.6 Å². The number of carbonyl (C=O) groups excluding carboxylic acids is 1. The molecule has 0 aliphatic carbocycles. The van der Waals surface area contributed by atoms with E-state index in [4.69, 9.17) is 15.2 Å². The molecule has 0 aromatic heterocycles. The highest BCUT2D eigenvalue weighted by molar-refractivity contribution is 6.11. The molecule has 0 aliphatic rings. The standard InChI is InChI=1S/C17H19NO3/c1-11(2)21-14-7-4-12(5-8-14)17(19)15-10-13(18)6-9-16(15)20-3/h4-11H,18H2,1-3H3. The summed E-state index contributed by atoms with van der Waals surface area (Å²) in [5, 5.41) is 0. The average molecular weight is 285 g/mol. The van der Waals surface area contributed by atoms with Gasteiger partial charge in [-0.25, -0.2) is 0 Å². The van der Waals surface area contributed by atoms with Crippen molar-refractivity contribution in [3.63, 3.8) is 0 Å². The van der Waals surface area contributed by atoms with Gasteiger partial charge in [0.2, 0.25) is 0 Å². The molecule has 2 N–H and O–H groups in total. The van der Waals surface area contributed by atoms with Crippen molar-refractivity contribution in [1.82, 2.24) is 0 Å². The van der Waals surface area contributed by atoms with Crippen molar-refractivity contribution in [1.29, 1.82) is 0 Å². The summed E-state index contributed by atoms with van der Waals surface area (Å²) in [6, 6.07) is 12.1. The number of ketones is 1. The molecule has 0 heterocycles. The SMILES string of the molecule is COc1ccc(N)cc1C(=O)c1ccc(OC(C)C)cc1. The van der Waals surface area contributed by atoms with Gasteiger partial charge in [0.25, 0.3) is 0 Å². The van der Waals surface area contributed by atoms with Crippen molar-refractivity contribution in [3.8, 4) is 11.5 Å². The Labute approximate surface area is 124 Å². The molecule has 4 heteroatoms. The van der Waals surface area contributed by atoms with Gasteiger partial charge in [-0.2, -0.15) is 0 Å². The molecule has 0 spiro atoms.